The van der Waals surface area contributed by atoms with Crippen LogP contribution in [0.3, 0.4) is 0 Å². The van der Waals surface area contributed by atoms with E-state index in [1.807, 2.05) is 0 Å². The monoisotopic (exact) mass is 350 g/mol. The largest absolute Gasteiger partial charge is 0.513 e. The van der Waals surface area contributed by atoms with Crippen LogP contribution in [0.2, 0.25) is 0 Å². The van der Waals surface area contributed by atoms with Gasteiger partial charge in [-0.25, -0.2) is 13.1 Å². The summed E-state index contributed by atoms with van der Waals surface area (Å²) in [7, 11) is -4.02. The molecule has 0 unspecified atom stereocenters. The molecule has 1 aromatic rings. The van der Waals surface area contributed by atoms with Gasteiger partial charge in [0.15, 0.2) is 0 Å². The molecular formula is C14H17F3N2O3S. The van der Waals surface area contributed by atoms with Crippen LogP contribution >= 0.6 is 0 Å². The molecule has 1 aliphatic rings. The van der Waals surface area contributed by atoms with Crippen LogP contribution in [0.15, 0.2) is 35.6 Å². The number of halogens is 3. The Hall–Kier alpha value is -1.61. The molecule has 0 aliphatic heterocycles. The first-order valence-electron chi connectivity index (χ1n) is 7.04. The third-order valence-corrected chi connectivity index (χ3v) is 5.31. The minimum absolute atomic E-state index is 0.0945. The van der Waals surface area contributed by atoms with E-state index in [-0.39, 0.29) is 10.7 Å². The quantitative estimate of drug-likeness (QED) is 0.818. The van der Waals surface area contributed by atoms with Gasteiger partial charge in [-0.15, -0.1) is 0 Å². The summed E-state index contributed by atoms with van der Waals surface area (Å²) >= 11 is 0. The Morgan fingerprint density at radius 2 is 1.96 bits per heavy atom. The summed E-state index contributed by atoms with van der Waals surface area (Å²) < 4.78 is 64.4. The second kappa shape index (κ2) is 6.48. The van der Waals surface area contributed by atoms with Crippen molar-refractivity contribution in [1.82, 2.24) is 9.71 Å². The van der Waals surface area contributed by atoms with Crippen molar-refractivity contribution in [2.45, 2.75) is 42.8 Å². The molecule has 2 atom stereocenters. The van der Waals surface area contributed by atoms with Gasteiger partial charge in [-0.3, -0.25) is 4.98 Å². The lowest BCUT2D eigenvalue weighted by molar-refractivity contribution is -0.141. The summed E-state index contributed by atoms with van der Waals surface area (Å²) in [5.74, 6) is -0.496. The summed E-state index contributed by atoms with van der Waals surface area (Å²) in [5.41, 5.74) is -1.16. The maximum Gasteiger partial charge on any atom is 0.433 e. The molecular weight excluding hydrogens is 333 g/mol. The second-order valence-corrected chi connectivity index (χ2v) is 7.20. The number of pyridine rings is 1. The maximum atomic E-state index is 12.5. The lowest BCUT2D eigenvalue weighted by Gasteiger charge is -2.31. The lowest BCUT2D eigenvalue weighted by Crippen LogP contribution is -2.42. The van der Waals surface area contributed by atoms with Gasteiger partial charge >= 0.3 is 6.18 Å². The van der Waals surface area contributed by atoms with Crippen molar-refractivity contribution in [3.63, 3.8) is 0 Å². The Bertz CT molecular complexity index is 672. The number of hydrogen-bond donors (Lipinski definition) is 2. The molecule has 0 saturated heterocycles. The van der Waals surface area contributed by atoms with E-state index in [0.29, 0.717) is 25.1 Å². The highest BCUT2D eigenvalue weighted by Crippen LogP contribution is 2.30. The average Bonchev–Trinajstić information content (AvgIpc) is 2.46. The van der Waals surface area contributed by atoms with Crippen LogP contribution < -0.4 is 4.72 Å². The van der Waals surface area contributed by atoms with Crippen LogP contribution in [0.1, 0.15) is 31.4 Å². The van der Waals surface area contributed by atoms with Gasteiger partial charge in [0.25, 0.3) is 0 Å². The molecule has 1 aliphatic carbocycles. The molecule has 2 N–H and O–H groups in total. The van der Waals surface area contributed by atoms with Gasteiger partial charge in [-0.05, 0) is 25.0 Å². The van der Waals surface area contributed by atoms with Gasteiger partial charge in [-0.1, -0.05) is 19.4 Å². The SMILES string of the molecule is C=C(O)[C@@H]1CCCC[C@H]1NS(=O)(=O)c1ccc(C(F)(F)F)nc1. The standard InChI is InChI=1S/C14H17F3N2O3S/c1-9(20)11-4-2-3-5-12(11)19-23(21,22)10-6-7-13(18-8-10)14(15,16)17/h6-8,11-12,19-20H,1-5H2/t11-,12+/m0/s1. The second-order valence-electron chi connectivity index (χ2n) is 5.49. The predicted octanol–water partition coefficient (Wildman–Crippen LogP) is 3.01. The van der Waals surface area contributed by atoms with Crippen LogP contribution in [0.5, 0.6) is 0 Å². The highest BCUT2D eigenvalue weighted by atomic mass is 32.2. The first kappa shape index (κ1) is 17.7. The van der Waals surface area contributed by atoms with Gasteiger partial charge in [0, 0.05) is 18.2 Å². The van der Waals surface area contributed by atoms with E-state index in [9.17, 15) is 26.7 Å². The molecule has 2 rings (SSSR count). The predicted molar refractivity (Wildman–Crippen MR) is 77.1 cm³/mol. The van der Waals surface area contributed by atoms with E-state index in [4.69, 9.17) is 0 Å². The minimum Gasteiger partial charge on any atom is -0.513 e. The Kier molecular flexibility index (Phi) is 5.00. The van der Waals surface area contributed by atoms with E-state index >= 15 is 0 Å². The lowest BCUT2D eigenvalue weighted by atomic mass is 9.84. The van der Waals surface area contributed by atoms with E-state index in [1.54, 1.807) is 0 Å². The van der Waals surface area contributed by atoms with Crippen molar-refractivity contribution >= 4 is 10.0 Å². The van der Waals surface area contributed by atoms with Crippen LogP contribution in [-0.2, 0) is 16.2 Å². The van der Waals surface area contributed by atoms with Gasteiger partial charge in [0.2, 0.25) is 10.0 Å². The number of aliphatic hydroxyl groups is 1. The van der Waals surface area contributed by atoms with Crippen LogP contribution in [0.4, 0.5) is 13.2 Å². The molecule has 1 aromatic heterocycles. The number of aromatic nitrogens is 1. The molecule has 23 heavy (non-hydrogen) atoms. The van der Waals surface area contributed by atoms with Crippen molar-refractivity contribution in [3.8, 4) is 0 Å². The fourth-order valence-electron chi connectivity index (χ4n) is 2.65. The zero-order valence-corrected chi connectivity index (χ0v) is 13.0. The third-order valence-electron chi connectivity index (χ3n) is 3.84. The highest BCUT2D eigenvalue weighted by Gasteiger charge is 2.34. The number of nitrogens with one attached hydrogen (secondary N) is 1. The zero-order valence-electron chi connectivity index (χ0n) is 12.2. The number of hydrogen-bond acceptors (Lipinski definition) is 4. The molecule has 5 nitrogen and oxygen atoms in total. The Balaban J connectivity index is 2.19. The first-order valence-corrected chi connectivity index (χ1v) is 8.53. The fourth-order valence-corrected chi connectivity index (χ4v) is 3.90. The smallest absolute Gasteiger partial charge is 0.433 e. The van der Waals surface area contributed by atoms with E-state index < -0.39 is 33.9 Å². The number of sulfonamides is 1. The average molecular weight is 350 g/mol. The van der Waals surface area contributed by atoms with Crippen molar-refractivity contribution in [1.29, 1.82) is 0 Å². The van der Waals surface area contributed by atoms with Gasteiger partial charge < -0.3 is 5.11 Å². The molecule has 0 radical (unpaired) electrons. The molecule has 1 heterocycles. The molecule has 1 fully saturated rings. The zero-order chi connectivity index (χ0) is 17.3. The summed E-state index contributed by atoms with van der Waals surface area (Å²) in [6.45, 7) is 3.45. The summed E-state index contributed by atoms with van der Waals surface area (Å²) in [4.78, 5) is 2.80. The fraction of sp³-hybridized carbons (Fsp3) is 0.500. The summed E-state index contributed by atoms with van der Waals surface area (Å²) in [5, 5.41) is 9.57. The minimum atomic E-state index is -4.63. The van der Waals surface area contributed by atoms with Crippen LogP contribution in [-0.4, -0.2) is 24.6 Å². The Morgan fingerprint density at radius 3 is 2.48 bits per heavy atom. The van der Waals surface area contributed by atoms with Crippen molar-refractivity contribution in [2.24, 2.45) is 5.92 Å². The number of alkyl halides is 3. The molecule has 128 valence electrons. The maximum absolute atomic E-state index is 12.5. The van der Waals surface area contributed by atoms with Gasteiger partial charge in [-0.2, -0.15) is 13.2 Å². The number of nitrogens with zero attached hydrogens (tertiary/aromatic N) is 1. The van der Waals surface area contributed by atoms with E-state index in [0.717, 1.165) is 18.9 Å². The van der Waals surface area contributed by atoms with Gasteiger partial charge in [0.1, 0.15) is 10.6 Å². The van der Waals surface area contributed by atoms with Gasteiger partial charge in [0.05, 0.1) is 5.76 Å². The van der Waals surface area contributed by atoms with Crippen molar-refractivity contribution < 1.29 is 26.7 Å². The molecule has 1 saturated carbocycles. The molecule has 9 heteroatoms. The highest BCUT2D eigenvalue weighted by molar-refractivity contribution is 7.89. The summed E-state index contributed by atoms with van der Waals surface area (Å²) in [6, 6.07) is 0.954. The van der Waals surface area contributed by atoms with Crippen LogP contribution in [0.25, 0.3) is 0 Å². The molecule has 0 spiro atoms. The first-order chi connectivity index (χ1) is 10.6. The summed E-state index contributed by atoms with van der Waals surface area (Å²) in [6.07, 6.45) is -1.17. The molecule has 0 amide bonds. The molecule has 0 aromatic carbocycles. The van der Waals surface area contributed by atoms with E-state index in [1.165, 1.54) is 0 Å². The molecule has 0 bridgehead atoms. The third kappa shape index (κ3) is 4.23. The van der Waals surface area contributed by atoms with Crippen molar-refractivity contribution in [3.05, 3.63) is 36.4 Å². The number of aliphatic hydroxyl groups excluding tert-OH is 1. The van der Waals surface area contributed by atoms with Crippen LogP contribution in [0, 0.1) is 5.92 Å². The number of rotatable bonds is 4. The Morgan fingerprint density at radius 1 is 1.30 bits per heavy atom. The Labute approximate surface area is 132 Å². The van der Waals surface area contributed by atoms with E-state index in [2.05, 4.69) is 16.3 Å². The van der Waals surface area contributed by atoms with Crippen molar-refractivity contribution in [2.75, 3.05) is 0 Å². The normalized spacial score (nSPS) is 22.7. The topological polar surface area (TPSA) is 79.3 Å².